The van der Waals surface area contributed by atoms with Crippen molar-refractivity contribution in [2.75, 3.05) is 0 Å². The smallest absolute Gasteiger partial charge is 0.284 e. The molecule has 4 rings (SSSR count). The molecular formula is C19H15N3O2S. The number of carbonyl (C=O) groups is 1. The van der Waals surface area contributed by atoms with Crippen LogP contribution in [0, 0.1) is 0 Å². The summed E-state index contributed by atoms with van der Waals surface area (Å²) in [6, 6.07) is 14.2. The number of aromatic hydroxyl groups is 1. The van der Waals surface area contributed by atoms with E-state index in [0.717, 1.165) is 16.8 Å². The lowest BCUT2D eigenvalue weighted by atomic mass is 9.98. The minimum absolute atomic E-state index is 0.132. The molecule has 5 nitrogen and oxygen atoms in total. The SMILES string of the molecule is O=C(c1cccs1)N1N=C(c2ccncc2)C[C@@H]1c1cccc(O)c1. The molecular weight excluding hydrogens is 334 g/mol. The summed E-state index contributed by atoms with van der Waals surface area (Å²) >= 11 is 1.40. The number of carbonyl (C=O) groups excluding carboxylic acids is 1. The van der Waals surface area contributed by atoms with Crippen LogP contribution in [-0.4, -0.2) is 26.7 Å². The molecule has 2 aromatic heterocycles. The second-order valence-corrected chi connectivity index (χ2v) is 6.67. The van der Waals surface area contributed by atoms with E-state index in [9.17, 15) is 9.90 Å². The number of thiophene rings is 1. The molecule has 6 heteroatoms. The van der Waals surface area contributed by atoms with E-state index in [0.29, 0.717) is 11.3 Å². The van der Waals surface area contributed by atoms with E-state index in [2.05, 4.69) is 10.1 Å². The fourth-order valence-corrected chi connectivity index (χ4v) is 3.58. The zero-order valence-corrected chi connectivity index (χ0v) is 14.1. The summed E-state index contributed by atoms with van der Waals surface area (Å²) in [5.74, 6) is 0.0470. The van der Waals surface area contributed by atoms with E-state index < -0.39 is 0 Å². The molecule has 3 aromatic rings. The zero-order valence-electron chi connectivity index (χ0n) is 13.2. The van der Waals surface area contributed by atoms with Gasteiger partial charge in [0.15, 0.2) is 0 Å². The average Bonchev–Trinajstić information content (AvgIpc) is 3.32. The molecule has 25 heavy (non-hydrogen) atoms. The molecule has 0 bridgehead atoms. The number of aromatic nitrogens is 1. The first-order valence-electron chi connectivity index (χ1n) is 7.86. The number of hydrogen-bond donors (Lipinski definition) is 1. The molecule has 0 saturated carbocycles. The van der Waals surface area contributed by atoms with Crippen LogP contribution in [0.4, 0.5) is 0 Å². The number of hydrazone groups is 1. The Morgan fingerprint density at radius 2 is 2.00 bits per heavy atom. The van der Waals surface area contributed by atoms with Gasteiger partial charge in [-0.2, -0.15) is 5.10 Å². The van der Waals surface area contributed by atoms with Crippen molar-refractivity contribution in [3.05, 3.63) is 82.3 Å². The maximum absolute atomic E-state index is 12.9. The maximum Gasteiger partial charge on any atom is 0.284 e. The number of pyridine rings is 1. The minimum Gasteiger partial charge on any atom is -0.508 e. The molecule has 1 aliphatic heterocycles. The summed E-state index contributed by atoms with van der Waals surface area (Å²) < 4.78 is 0. The molecule has 1 aliphatic rings. The fraction of sp³-hybridized carbons (Fsp3) is 0.105. The van der Waals surface area contributed by atoms with Gasteiger partial charge in [0.1, 0.15) is 5.75 Å². The summed E-state index contributed by atoms with van der Waals surface area (Å²) in [7, 11) is 0. The van der Waals surface area contributed by atoms with Gasteiger partial charge < -0.3 is 5.11 Å². The Kier molecular flexibility index (Phi) is 4.03. The van der Waals surface area contributed by atoms with Gasteiger partial charge in [-0.05, 0) is 41.3 Å². The van der Waals surface area contributed by atoms with Gasteiger partial charge in [-0.1, -0.05) is 18.2 Å². The standard InChI is InChI=1S/C19H15N3O2S/c23-15-4-1-3-14(11-15)17-12-16(13-6-8-20-9-7-13)21-22(17)19(24)18-5-2-10-25-18/h1-11,17,23H,12H2/t17-/m1/s1. The van der Waals surface area contributed by atoms with Gasteiger partial charge in [-0.15, -0.1) is 11.3 Å². The van der Waals surface area contributed by atoms with Crippen LogP contribution in [0.15, 0.2) is 71.4 Å². The molecule has 1 N–H and O–H groups in total. The number of amides is 1. The van der Waals surface area contributed by atoms with Crippen LogP contribution < -0.4 is 0 Å². The molecule has 0 spiro atoms. The first-order valence-corrected chi connectivity index (χ1v) is 8.74. The molecule has 124 valence electrons. The quantitative estimate of drug-likeness (QED) is 0.781. The third-order valence-corrected chi connectivity index (χ3v) is 4.98. The summed E-state index contributed by atoms with van der Waals surface area (Å²) in [6.45, 7) is 0. The van der Waals surface area contributed by atoms with E-state index >= 15 is 0 Å². The van der Waals surface area contributed by atoms with Crippen LogP contribution in [0.1, 0.15) is 33.3 Å². The van der Waals surface area contributed by atoms with E-state index in [1.807, 2.05) is 29.6 Å². The van der Waals surface area contributed by atoms with Crippen LogP contribution >= 0.6 is 11.3 Å². The Balaban J connectivity index is 1.74. The van der Waals surface area contributed by atoms with Gasteiger partial charge in [0.2, 0.25) is 0 Å². The largest absolute Gasteiger partial charge is 0.508 e. The number of rotatable bonds is 3. The Morgan fingerprint density at radius 3 is 2.72 bits per heavy atom. The van der Waals surface area contributed by atoms with Gasteiger partial charge in [-0.3, -0.25) is 9.78 Å². The van der Waals surface area contributed by atoms with Crippen LogP contribution in [-0.2, 0) is 0 Å². The van der Waals surface area contributed by atoms with Crippen molar-refractivity contribution in [2.45, 2.75) is 12.5 Å². The van der Waals surface area contributed by atoms with Crippen molar-refractivity contribution in [3.8, 4) is 5.75 Å². The Bertz CT molecular complexity index is 923. The fourth-order valence-electron chi connectivity index (χ4n) is 2.92. The monoisotopic (exact) mass is 349 g/mol. The van der Waals surface area contributed by atoms with E-state index in [-0.39, 0.29) is 17.7 Å². The average molecular weight is 349 g/mol. The second kappa shape index (κ2) is 6.49. The van der Waals surface area contributed by atoms with E-state index in [1.165, 1.54) is 16.3 Å². The van der Waals surface area contributed by atoms with E-state index in [4.69, 9.17) is 0 Å². The minimum atomic E-state index is -0.245. The lowest BCUT2D eigenvalue weighted by Gasteiger charge is -2.21. The highest BCUT2D eigenvalue weighted by Gasteiger charge is 2.34. The van der Waals surface area contributed by atoms with Crippen LogP contribution in [0.3, 0.4) is 0 Å². The molecule has 0 fully saturated rings. The second-order valence-electron chi connectivity index (χ2n) is 5.72. The number of phenolic OH excluding ortho intramolecular Hbond substituents is 1. The normalized spacial score (nSPS) is 16.7. The molecule has 0 saturated heterocycles. The Labute approximate surface area is 148 Å². The van der Waals surface area contributed by atoms with Crippen molar-refractivity contribution in [1.82, 2.24) is 9.99 Å². The van der Waals surface area contributed by atoms with Crippen molar-refractivity contribution in [2.24, 2.45) is 5.10 Å². The zero-order chi connectivity index (χ0) is 17.2. The number of hydrogen-bond acceptors (Lipinski definition) is 5. The van der Waals surface area contributed by atoms with Gasteiger partial charge in [0, 0.05) is 24.4 Å². The molecule has 0 unspecified atom stereocenters. The maximum atomic E-state index is 12.9. The lowest BCUT2D eigenvalue weighted by Crippen LogP contribution is -2.26. The molecule has 3 heterocycles. The van der Waals surface area contributed by atoms with Crippen LogP contribution in [0.5, 0.6) is 5.75 Å². The van der Waals surface area contributed by atoms with Gasteiger partial charge >= 0.3 is 0 Å². The van der Waals surface area contributed by atoms with Crippen LogP contribution in [0.2, 0.25) is 0 Å². The highest BCUT2D eigenvalue weighted by Crippen LogP contribution is 2.35. The summed E-state index contributed by atoms with van der Waals surface area (Å²) in [6.07, 6.45) is 4.01. The predicted molar refractivity (Wildman–Crippen MR) is 96.7 cm³/mol. The number of phenols is 1. The van der Waals surface area contributed by atoms with Gasteiger partial charge in [0.05, 0.1) is 16.6 Å². The van der Waals surface area contributed by atoms with Gasteiger partial charge in [-0.25, -0.2) is 5.01 Å². The van der Waals surface area contributed by atoms with Crippen molar-refractivity contribution < 1.29 is 9.90 Å². The van der Waals surface area contributed by atoms with Gasteiger partial charge in [0.25, 0.3) is 5.91 Å². The number of benzene rings is 1. The van der Waals surface area contributed by atoms with Crippen molar-refractivity contribution >= 4 is 23.0 Å². The Morgan fingerprint density at radius 1 is 1.16 bits per heavy atom. The first-order chi connectivity index (χ1) is 12.2. The van der Waals surface area contributed by atoms with Crippen molar-refractivity contribution in [3.63, 3.8) is 0 Å². The third-order valence-electron chi connectivity index (χ3n) is 4.12. The summed E-state index contributed by atoms with van der Waals surface area (Å²) in [4.78, 5) is 17.6. The lowest BCUT2D eigenvalue weighted by molar-refractivity contribution is 0.0716. The highest BCUT2D eigenvalue weighted by atomic mass is 32.1. The number of nitrogens with zero attached hydrogens (tertiary/aromatic N) is 3. The highest BCUT2D eigenvalue weighted by molar-refractivity contribution is 7.12. The molecule has 1 amide bonds. The van der Waals surface area contributed by atoms with Crippen molar-refractivity contribution in [1.29, 1.82) is 0 Å². The molecule has 1 atom stereocenters. The predicted octanol–water partition coefficient (Wildman–Crippen LogP) is 3.84. The summed E-state index contributed by atoms with van der Waals surface area (Å²) in [5, 5.41) is 17.8. The molecule has 0 aliphatic carbocycles. The summed E-state index contributed by atoms with van der Waals surface area (Å²) in [5.41, 5.74) is 2.64. The Hall–Kier alpha value is -2.99. The van der Waals surface area contributed by atoms with E-state index in [1.54, 1.807) is 36.7 Å². The van der Waals surface area contributed by atoms with Crippen LogP contribution in [0.25, 0.3) is 0 Å². The topological polar surface area (TPSA) is 65.8 Å². The molecule has 0 radical (unpaired) electrons. The third kappa shape index (κ3) is 3.04. The first kappa shape index (κ1) is 15.5. The molecule has 1 aromatic carbocycles.